The molecule has 0 bridgehead atoms. The molecule has 1 aliphatic heterocycles. The summed E-state index contributed by atoms with van der Waals surface area (Å²) in [4.78, 5) is 12.8. The zero-order valence-electron chi connectivity index (χ0n) is 9.25. The molecular weight excluding hydrogens is 210 g/mol. The molecule has 5 nitrogen and oxygen atoms in total. The topological polar surface area (TPSA) is 81.0 Å². The van der Waals surface area contributed by atoms with Gasteiger partial charge in [-0.25, -0.2) is 0 Å². The number of likely N-dealkylation sites (tertiary alicyclic amines) is 1. The van der Waals surface area contributed by atoms with Gasteiger partial charge in [0, 0.05) is 19.0 Å². The van der Waals surface area contributed by atoms with Crippen molar-refractivity contribution in [2.75, 3.05) is 6.54 Å². The van der Waals surface area contributed by atoms with Gasteiger partial charge in [-0.3, -0.25) is 9.69 Å². The fourth-order valence-corrected chi connectivity index (χ4v) is 2.93. The van der Waals surface area contributed by atoms with E-state index in [2.05, 4.69) is 0 Å². The number of aliphatic carboxylic acids is 1. The first-order valence-corrected chi connectivity index (χ1v) is 5.94. The molecule has 0 aromatic rings. The number of nitrogens with zero attached hydrogens (tertiary/aromatic N) is 1. The van der Waals surface area contributed by atoms with E-state index in [1.807, 2.05) is 0 Å². The maximum absolute atomic E-state index is 11.1. The number of carboxylic acid groups (broad SMARTS) is 1. The van der Waals surface area contributed by atoms with Crippen LogP contribution in [0.2, 0.25) is 0 Å². The van der Waals surface area contributed by atoms with Gasteiger partial charge in [-0.1, -0.05) is 12.8 Å². The molecule has 1 saturated carbocycles. The number of rotatable bonds is 2. The summed E-state index contributed by atoms with van der Waals surface area (Å²) in [6.45, 7) is 0.374. The van der Waals surface area contributed by atoms with Crippen LogP contribution in [-0.4, -0.2) is 57.0 Å². The molecule has 0 aromatic carbocycles. The summed E-state index contributed by atoms with van der Waals surface area (Å²) in [6.07, 6.45) is 2.86. The molecule has 92 valence electrons. The highest BCUT2D eigenvalue weighted by molar-refractivity contribution is 5.74. The third-order valence-corrected chi connectivity index (χ3v) is 3.72. The highest BCUT2D eigenvalue weighted by atomic mass is 16.4. The molecule has 0 aromatic heterocycles. The second-order valence-electron chi connectivity index (χ2n) is 4.86. The predicted molar refractivity (Wildman–Crippen MR) is 57.0 cm³/mol. The van der Waals surface area contributed by atoms with Gasteiger partial charge in [0.1, 0.15) is 6.04 Å². The first kappa shape index (κ1) is 11.8. The molecule has 1 aliphatic carbocycles. The number of aliphatic hydroxyl groups is 2. The van der Waals surface area contributed by atoms with Crippen molar-refractivity contribution in [1.29, 1.82) is 0 Å². The third kappa shape index (κ3) is 2.21. The van der Waals surface area contributed by atoms with E-state index >= 15 is 0 Å². The molecule has 1 heterocycles. The smallest absolute Gasteiger partial charge is 0.321 e. The second kappa shape index (κ2) is 4.69. The summed E-state index contributed by atoms with van der Waals surface area (Å²) < 4.78 is 0. The average Bonchev–Trinajstić information content (AvgIpc) is 2.61. The van der Waals surface area contributed by atoms with Gasteiger partial charge in [-0.15, -0.1) is 0 Å². The Morgan fingerprint density at radius 2 is 1.88 bits per heavy atom. The maximum Gasteiger partial charge on any atom is 0.321 e. The van der Waals surface area contributed by atoms with Crippen LogP contribution >= 0.6 is 0 Å². The van der Waals surface area contributed by atoms with E-state index in [1.165, 1.54) is 0 Å². The Labute approximate surface area is 94.7 Å². The van der Waals surface area contributed by atoms with Crippen LogP contribution in [0.5, 0.6) is 0 Å². The quantitative estimate of drug-likeness (QED) is 0.611. The summed E-state index contributed by atoms with van der Waals surface area (Å²) in [5.41, 5.74) is 0. The standard InChI is InChI=1S/C11H19NO4/c13-7-5-9(11(15)16)12(6-7)8-3-1-2-4-10(8)14/h7-10,13-14H,1-6H2,(H,15,16)/t7-,8+,9-,10+/m0/s1. The van der Waals surface area contributed by atoms with Crippen molar-refractivity contribution in [3.05, 3.63) is 0 Å². The van der Waals surface area contributed by atoms with Gasteiger partial charge in [-0.05, 0) is 12.8 Å². The van der Waals surface area contributed by atoms with Gasteiger partial charge in [0.2, 0.25) is 0 Å². The van der Waals surface area contributed by atoms with Crippen LogP contribution < -0.4 is 0 Å². The highest BCUT2D eigenvalue weighted by Crippen LogP contribution is 2.29. The Balaban J connectivity index is 2.08. The number of hydrogen-bond acceptors (Lipinski definition) is 4. The normalized spacial score (nSPS) is 41.1. The minimum absolute atomic E-state index is 0.0907. The third-order valence-electron chi connectivity index (χ3n) is 3.72. The molecule has 16 heavy (non-hydrogen) atoms. The maximum atomic E-state index is 11.1. The number of carboxylic acids is 1. The van der Waals surface area contributed by atoms with Crippen molar-refractivity contribution < 1.29 is 20.1 Å². The molecule has 0 amide bonds. The van der Waals surface area contributed by atoms with Gasteiger partial charge in [-0.2, -0.15) is 0 Å². The minimum atomic E-state index is -0.894. The van der Waals surface area contributed by atoms with Crippen molar-refractivity contribution in [3.8, 4) is 0 Å². The molecule has 3 N–H and O–H groups in total. The lowest BCUT2D eigenvalue weighted by Gasteiger charge is -2.37. The van der Waals surface area contributed by atoms with E-state index in [4.69, 9.17) is 5.11 Å². The van der Waals surface area contributed by atoms with E-state index in [1.54, 1.807) is 4.90 Å². The van der Waals surface area contributed by atoms with E-state index in [0.29, 0.717) is 6.54 Å². The van der Waals surface area contributed by atoms with Crippen molar-refractivity contribution >= 4 is 5.97 Å². The SMILES string of the molecule is O=C(O)[C@@H]1C[C@H](O)CN1[C@@H]1CCCC[C@H]1O. The summed E-state index contributed by atoms with van der Waals surface area (Å²) in [5, 5.41) is 28.5. The van der Waals surface area contributed by atoms with Gasteiger partial charge >= 0.3 is 5.97 Å². The fraction of sp³-hybridized carbons (Fsp3) is 0.909. The number of β-amino-alcohol motifs (C(OH)–C–C–N with tert-alkyl or cyclic N) is 1. The van der Waals surface area contributed by atoms with E-state index < -0.39 is 24.2 Å². The second-order valence-corrected chi connectivity index (χ2v) is 4.86. The first-order chi connectivity index (χ1) is 7.59. The molecule has 0 radical (unpaired) electrons. The zero-order valence-corrected chi connectivity index (χ0v) is 9.25. The predicted octanol–water partition coefficient (Wildman–Crippen LogP) is -0.190. The Kier molecular flexibility index (Phi) is 3.47. The Bertz CT molecular complexity index is 271. The van der Waals surface area contributed by atoms with Crippen molar-refractivity contribution in [1.82, 2.24) is 4.90 Å². The van der Waals surface area contributed by atoms with Crippen LogP contribution in [0.25, 0.3) is 0 Å². The lowest BCUT2D eigenvalue weighted by molar-refractivity contribution is -0.144. The van der Waals surface area contributed by atoms with Gasteiger partial charge in [0.25, 0.3) is 0 Å². The highest BCUT2D eigenvalue weighted by Gasteiger charge is 2.42. The van der Waals surface area contributed by atoms with Crippen molar-refractivity contribution in [3.63, 3.8) is 0 Å². The summed E-state index contributed by atoms with van der Waals surface area (Å²) in [5.74, 6) is -0.894. The number of aliphatic hydroxyl groups excluding tert-OH is 2. The Morgan fingerprint density at radius 1 is 1.19 bits per heavy atom. The Morgan fingerprint density at radius 3 is 2.50 bits per heavy atom. The lowest BCUT2D eigenvalue weighted by Crippen LogP contribution is -2.50. The number of hydrogen-bond donors (Lipinski definition) is 3. The molecule has 4 atom stereocenters. The van der Waals surface area contributed by atoms with Gasteiger partial charge in [0.05, 0.1) is 12.2 Å². The fourth-order valence-electron chi connectivity index (χ4n) is 2.93. The lowest BCUT2D eigenvalue weighted by atomic mass is 9.91. The Hall–Kier alpha value is -0.650. The van der Waals surface area contributed by atoms with Crippen LogP contribution in [0, 0.1) is 0 Å². The van der Waals surface area contributed by atoms with Crippen LogP contribution in [0.3, 0.4) is 0 Å². The summed E-state index contributed by atoms with van der Waals surface area (Å²) in [7, 11) is 0. The average molecular weight is 229 g/mol. The zero-order chi connectivity index (χ0) is 11.7. The molecule has 0 unspecified atom stereocenters. The minimum Gasteiger partial charge on any atom is -0.480 e. The molecule has 2 fully saturated rings. The molecule has 2 rings (SSSR count). The molecular formula is C11H19NO4. The van der Waals surface area contributed by atoms with Crippen LogP contribution in [0.4, 0.5) is 0 Å². The summed E-state index contributed by atoms with van der Waals surface area (Å²) >= 11 is 0. The first-order valence-electron chi connectivity index (χ1n) is 5.94. The number of carbonyl (C=O) groups is 1. The molecule has 5 heteroatoms. The van der Waals surface area contributed by atoms with E-state index in [0.717, 1.165) is 25.7 Å². The van der Waals surface area contributed by atoms with Crippen molar-refractivity contribution in [2.45, 2.75) is 56.4 Å². The molecule has 0 spiro atoms. The monoisotopic (exact) mass is 229 g/mol. The van der Waals surface area contributed by atoms with Crippen LogP contribution in [0.15, 0.2) is 0 Å². The van der Waals surface area contributed by atoms with E-state index in [-0.39, 0.29) is 12.5 Å². The van der Waals surface area contributed by atoms with Crippen molar-refractivity contribution in [2.24, 2.45) is 0 Å². The van der Waals surface area contributed by atoms with Gasteiger partial charge < -0.3 is 15.3 Å². The van der Waals surface area contributed by atoms with E-state index in [9.17, 15) is 15.0 Å². The summed E-state index contributed by atoms with van der Waals surface area (Å²) in [6, 6.07) is -0.722. The molecule has 2 aliphatic rings. The van der Waals surface area contributed by atoms with Crippen LogP contribution in [-0.2, 0) is 4.79 Å². The van der Waals surface area contributed by atoms with Gasteiger partial charge in [0.15, 0.2) is 0 Å². The van der Waals surface area contributed by atoms with Crippen LogP contribution in [0.1, 0.15) is 32.1 Å². The molecule has 1 saturated heterocycles. The largest absolute Gasteiger partial charge is 0.480 e.